The number of rotatable bonds is 7. The Morgan fingerprint density at radius 3 is 2.64 bits per heavy atom. The predicted molar refractivity (Wildman–Crippen MR) is 90.2 cm³/mol. The molecule has 0 spiro atoms. The summed E-state index contributed by atoms with van der Waals surface area (Å²) < 4.78 is 3.61. The first-order valence-corrected chi connectivity index (χ1v) is 7.73. The van der Waals surface area contributed by atoms with Crippen molar-refractivity contribution < 1.29 is 14.7 Å². The van der Waals surface area contributed by atoms with Gasteiger partial charge in [-0.15, -0.1) is 0 Å². The Bertz CT molecular complexity index is 895. The van der Waals surface area contributed by atoms with Crippen molar-refractivity contribution >= 4 is 11.9 Å². The summed E-state index contributed by atoms with van der Waals surface area (Å²) in [4.78, 5) is 26.1. The van der Waals surface area contributed by atoms with Crippen LogP contribution in [0.3, 0.4) is 0 Å². The van der Waals surface area contributed by atoms with Gasteiger partial charge in [0, 0.05) is 37.1 Å². The zero-order valence-electron chi connectivity index (χ0n) is 13.4. The fraction of sp³-hybridized carbons (Fsp3) is 0.176. The maximum atomic E-state index is 11.0. The molecule has 0 saturated heterocycles. The zero-order valence-corrected chi connectivity index (χ0v) is 13.4. The predicted octanol–water partition coefficient (Wildman–Crippen LogP) is 1.70. The summed E-state index contributed by atoms with van der Waals surface area (Å²) in [5, 5.41) is 13.3. The van der Waals surface area contributed by atoms with E-state index in [0.717, 1.165) is 11.3 Å². The smallest absolute Gasteiger partial charge is 0.335 e. The molecular formula is C17H17N5O3. The molecule has 0 aliphatic rings. The Hall–Kier alpha value is -3.42. The quantitative estimate of drug-likeness (QED) is 0.679. The number of nitrogens with zero attached hydrogens (tertiary/aromatic N) is 4. The highest BCUT2D eigenvalue weighted by molar-refractivity contribution is 5.88. The van der Waals surface area contributed by atoms with Crippen LogP contribution in [0.5, 0.6) is 0 Å². The number of carbonyl (C=O) groups is 2. The first-order chi connectivity index (χ1) is 12.0. The van der Waals surface area contributed by atoms with E-state index >= 15 is 0 Å². The van der Waals surface area contributed by atoms with E-state index in [1.54, 1.807) is 41.3 Å². The summed E-state index contributed by atoms with van der Waals surface area (Å²) in [6.45, 7) is 0.597. The number of benzene rings is 1. The summed E-state index contributed by atoms with van der Waals surface area (Å²) in [6.07, 6.45) is 8.00. The molecule has 3 aromatic rings. The van der Waals surface area contributed by atoms with Gasteiger partial charge >= 0.3 is 5.97 Å². The van der Waals surface area contributed by atoms with Crippen LogP contribution < -0.4 is 5.73 Å². The number of hydrogen-bond donors (Lipinski definition) is 2. The molecule has 0 saturated carbocycles. The first-order valence-electron chi connectivity index (χ1n) is 7.73. The molecule has 8 heteroatoms. The number of carbonyl (C=O) groups excluding carboxylic acids is 1. The lowest BCUT2D eigenvalue weighted by Gasteiger charge is -2.06. The van der Waals surface area contributed by atoms with Gasteiger partial charge in [0.1, 0.15) is 5.82 Å². The number of carboxylic acid groups (broad SMARTS) is 1. The van der Waals surface area contributed by atoms with Gasteiger partial charge in [0.15, 0.2) is 0 Å². The molecule has 2 aromatic heterocycles. The minimum Gasteiger partial charge on any atom is -0.478 e. The summed E-state index contributed by atoms with van der Waals surface area (Å²) in [5.74, 6) is -0.602. The van der Waals surface area contributed by atoms with E-state index < -0.39 is 5.97 Å². The molecule has 0 fully saturated rings. The molecule has 25 heavy (non-hydrogen) atoms. The summed E-state index contributed by atoms with van der Waals surface area (Å²) in [6, 6.07) is 6.53. The number of carboxylic acids is 1. The molecule has 3 N–H and O–H groups in total. The lowest BCUT2D eigenvalue weighted by atomic mass is 10.1. The Labute approximate surface area is 143 Å². The SMILES string of the molecule is NC(=O)CCCn1cc(-n2ccnc2-c2ccc(C(=O)O)cc2)cn1. The van der Waals surface area contributed by atoms with Gasteiger partial charge in [0.05, 0.1) is 17.4 Å². The number of nitrogens with two attached hydrogens (primary N) is 1. The van der Waals surface area contributed by atoms with Crippen LogP contribution in [0.25, 0.3) is 17.1 Å². The first kappa shape index (κ1) is 16.4. The largest absolute Gasteiger partial charge is 0.478 e. The van der Waals surface area contributed by atoms with Gasteiger partial charge in [-0.3, -0.25) is 14.0 Å². The van der Waals surface area contributed by atoms with E-state index in [9.17, 15) is 9.59 Å². The van der Waals surface area contributed by atoms with E-state index in [1.165, 1.54) is 0 Å². The molecule has 0 aliphatic heterocycles. The van der Waals surface area contributed by atoms with Crippen LogP contribution in [-0.4, -0.2) is 36.3 Å². The third kappa shape index (κ3) is 3.74. The number of aromatic carboxylic acids is 1. The van der Waals surface area contributed by atoms with Gasteiger partial charge in [-0.1, -0.05) is 12.1 Å². The van der Waals surface area contributed by atoms with Gasteiger partial charge < -0.3 is 10.8 Å². The van der Waals surface area contributed by atoms with Crippen molar-refractivity contribution in [3.63, 3.8) is 0 Å². The van der Waals surface area contributed by atoms with Crippen LogP contribution in [0.4, 0.5) is 0 Å². The van der Waals surface area contributed by atoms with Crippen LogP contribution in [0.2, 0.25) is 0 Å². The van der Waals surface area contributed by atoms with E-state index in [0.29, 0.717) is 25.2 Å². The average molecular weight is 339 g/mol. The van der Waals surface area contributed by atoms with E-state index in [-0.39, 0.29) is 11.5 Å². The Morgan fingerprint density at radius 1 is 1.20 bits per heavy atom. The lowest BCUT2D eigenvalue weighted by Crippen LogP contribution is -2.11. The second-order valence-corrected chi connectivity index (χ2v) is 5.53. The van der Waals surface area contributed by atoms with Crippen molar-refractivity contribution in [3.8, 4) is 17.1 Å². The van der Waals surface area contributed by atoms with Crippen molar-refractivity contribution in [2.24, 2.45) is 5.73 Å². The van der Waals surface area contributed by atoms with Crippen LogP contribution in [0.1, 0.15) is 23.2 Å². The fourth-order valence-corrected chi connectivity index (χ4v) is 2.50. The zero-order chi connectivity index (χ0) is 17.8. The Kier molecular flexibility index (Phi) is 4.60. The van der Waals surface area contributed by atoms with Gasteiger partial charge in [-0.2, -0.15) is 5.10 Å². The minimum absolute atomic E-state index is 0.226. The number of aromatic nitrogens is 4. The average Bonchev–Trinajstić information content (AvgIpc) is 3.23. The highest BCUT2D eigenvalue weighted by atomic mass is 16.4. The summed E-state index contributed by atoms with van der Waals surface area (Å²) in [5.41, 5.74) is 6.99. The number of imidazole rings is 1. The Morgan fingerprint density at radius 2 is 1.96 bits per heavy atom. The van der Waals surface area contributed by atoms with E-state index in [2.05, 4.69) is 10.1 Å². The van der Waals surface area contributed by atoms with Gasteiger partial charge in [-0.25, -0.2) is 9.78 Å². The molecule has 0 unspecified atom stereocenters. The molecule has 128 valence electrons. The molecule has 8 nitrogen and oxygen atoms in total. The van der Waals surface area contributed by atoms with Gasteiger partial charge in [0.25, 0.3) is 0 Å². The van der Waals surface area contributed by atoms with Crippen molar-refractivity contribution in [2.45, 2.75) is 19.4 Å². The molecule has 0 bridgehead atoms. The van der Waals surface area contributed by atoms with Crippen LogP contribution in [0.15, 0.2) is 49.1 Å². The maximum Gasteiger partial charge on any atom is 0.335 e. The van der Waals surface area contributed by atoms with Gasteiger partial charge in [0.2, 0.25) is 5.91 Å². The number of primary amides is 1. The molecule has 0 aliphatic carbocycles. The monoisotopic (exact) mass is 339 g/mol. The number of amides is 1. The van der Waals surface area contributed by atoms with Gasteiger partial charge in [-0.05, 0) is 18.6 Å². The lowest BCUT2D eigenvalue weighted by molar-refractivity contribution is -0.118. The van der Waals surface area contributed by atoms with Crippen molar-refractivity contribution in [3.05, 3.63) is 54.6 Å². The molecule has 0 radical (unpaired) electrons. The summed E-state index contributed by atoms with van der Waals surface area (Å²) >= 11 is 0. The van der Waals surface area contributed by atoms with Crippen LogP contribution >= 0.6 is 0 Å². The third-order valence-corrected chi connectivity index (χ3v) is 3.74. The van der Waals surface area contributed by atoms with E-state index in [1.807, 2.05) is 17.0 Å². The maximum absolute atomic E-state index is 11.0. The number of hydrogen-bond acceptors (Lipinski definition) is 4. The summed E-state index contributed by atoms with van der Waals surface area (Å²) in [7, 11) is 0. The van der Waals surface area contributed by atoms with Crippen LogP contribution in [0, 0.1) is 0 Å². The van der Waals surface area contributed by atoms with E-state index in [4.69, 9.17) is 10.8 Å². The van der Waals surface area contributed by atoms with Crippen molar-refractivity contribution in [1.29, 1.82) is 0 Å². The highest BCUT2D eigenvalue weighted by Gasteiger charge is 2.11. The molecule has 2 heterocycles. The highest BCUT2D eigenvalue weighted by Crippen LogP contribution is 2.21. The standard InChI is InChI=1S/C17H17N5O3/c18-15(23)2-1-8-21-11-14(10-20-21)22-9-7-19-16(22)12-3-5-13(6-4-12)17(24)25/h3-7,9-11H,1-2,8H2,(H2,18,23)(H,24,25). The van der Waals surface area contributed by atoms with Crippen LogP contribution in [-0.2, 0) is 11.3 Å². The minimum atomic E-state index is -0.966. The topological polar surface area (TPSA) is 116 Å². The van der Waals surface area contributed by atoms with Crippen molar-refractivity contribution in [1.82, 2.24) is 19.3 Å². The third-order valence-electron chi connectivity index (χ3n) is 3.74. The molecule has 0 atom stereocenters. The molecule has 1 amide bonds. The molecule has 3 rings (SSSR count). The second kappa shape index (κ2) is 7.00. The molecule has 1 aromatic carbocycles. The fourth-order valence-electron chi connectivity index (χ4n) is 2.50. The normalized spacial score (nSPS) is 10.7. The molecular weight excluding hydrogens is 322 g/mol. The number of aryl methyl sites for hydroxylation is 1. The Balaban J connectivity index is 1.81. The second-order valence-electron chi connectivity index (χ2n) is 5.53. The van der Waals surface area contributed by atoms with Crippen molar-refractivity contribution in [2.75, 3.05) is 0 Å².